The Morgan fingerprint density at radius 3 is 2.57 bits per heavy atom. The zero-order valence-electron chi connectivity index (χ0n) is 17.9. The quantitative estimate of drug-likeness (QED) is 0.184. The number of guanidine groups is 1. The van der Waals surface area contributed by atoms with Gasteiger partial charge in [0.15, 0.2) is 5.96 Å². The molecule has 1 saturated heterocycles. The van der Waals surface area contributed by atoms with Gasteiger partial charge in [-0.15, -0.1) is 35.3 Å². The van der Waals surface area contributed by atoms with E-state index in [0.717, 1.165) is 31.3 Å². The van der Waals surface area contributed by atoms with E-state index in [1.54, 1.807) is 7.11 Å². The molecule has 1 aliphatic heterocycles. The SMILES string of the molecule is CN=C(NCc1ccc(NCCOC)cc1)NCC(c1cccs1)N1CCCC1.I. The molecule has 0 spiro atoms. The van der Waals surface area contributed by atoms with E-state index in [0.29, 0.717) is 12.6 Å². The molecule has 3 N–H and O–H groups in total. The molecular weight excluding hydrogens is 509 g/mol. The molecule has 1 aliphatic rings. The summed E-state index contributed by atoms with van der Waals surface area (Å²) in [4.78, 5) is 8.41. The van der Waals surface area contributed by atoms with E-state index in [-0.39, 0.29) is 24.0 Å². The fraction of sp³-hybridized carbons (Fsp3) is 0.500. The van der Waals surface area contributed by atoms with Crippen molar-refractivity contribution in [2.75, 3.05) is 52.3 Å². The van der Waals surface area contributed by atoms with Gasteiger partial charge in [0.05, 0.1) is 12.6 Å². The van der Waals surface area contributed by atoms with Crippen LogP contribution in [-0.2, 0) is 11.3 Å². The highest BCUT2D eigenvalue weighted by molar-refractivity contribution is 14.0. The van der Waals surface area contributed by atoms with E-state index in [4.69, 9.17) is 4.74 Å². The Hall–Kier alpha value is -1.36. The van der Waals surface area contributed by atoms with Crippen molar-refractivity contribution in [2.24, 2.45) is 4.99 Å². The summed E-state index contributed by atoms with van der Waals surface area (Å²) in [7, 11) is 3.54. The summed E-state index contributed by atoms with van der Waals surface area (Å²) in [5.74, 6) is 0.841. The minimum Gasteiger partial charge on any atom is -0.383 e. The highest BCUT2D eigenvalue weighted by Crippen LogP contribution is 2.27. The Kier molecular flexibility index (Phi) is 11.5. The number of anilines is 1. The lowest BCUT2D eigenvalue weighted by Crippen LogP contribution is -2.42. The fourth-order valence-electron chi connectivity index (χ4n) is 3.58. The number of nitrogens with zero attached hydrogens (tertiary/aromatic N) is 2. The van der Waals surface area contributed by atoms with Crippen LogP contribution < -0.4 is 16.0 Å². The molecule has 0 saturated carbocycles. The molecule has 2 aromatic rings. The fourth-order valence-corrected chi connectivity index (χ4v) is 4.44. The van der Waals surface area contributed by atoms with Gasteiger partial charge in [-0.2, -0.15) is 0 Å². The Morgan fingerprint density at radius 1 is 1.17 bits per heavy atom. The Balaban J connectivity index is 0.00000320. The third-order valence-corrected chi connectivity index (χ3v) is 6.16. The van der Waals surface area contributed by atoms with Crippen molar-refractivity contribution in [3.8, 4) is 0 Å². The summed E-state index contributed by atoms with van der Waals surface area (Å²) >= 11 is 1.84. The minimum atomic E-state index is 0. The molecule has 0 bridgehead atoms. The van der Waals surface area contributed by atoms with E-state index in [2.05, 4.69) is 67.6 Å². The third kappa shape index (κ3) is 7.72. The molecule has 0 amide bonds. The van der Waals surface area contributed by atoms with Crippen molar-refractivity contribution in [3.63, 3.8) is 0 Å². The average molecular weight is 544 g/mol. The van der Waals surface area contributed by atoms with Gasteiger partial charge in [0.2, 0.25) is 0 Å². The molecule has 1 aromatic heterocycles. The topological polar surface area (TPSA) is 60.9 Å². The number of hydrogen-bond donors (Lipinski definition) is 3. The first kappa shape index (κ1) is 24.9. The number of benzene rings is 1. The molecule has 1 unspecified atom stereocenters. The molecule has 30 heavy (non-hydrogen) atoms. The molecule has 1 aromatic carbocycles. The molecule has 0 radical (unpaired) electrons. The van der Waals surface area contributed by atoms with Gasteiger partial charge in [-0.05, 0) is 55.1 Å². The lowest BCUT2D eigenvalue weighted by Gasteiger charge is -2.27. The van der Waals surface area contributed by atoms with Crippen molar-refractivity contribution in [1.82, 2.24) is 15.5 Å². The number of aliphatic imine (C=N–C) groups is 1. The standard InChI is InChI=1S/C22H33N5OS.HI/c1-23-22(25-16-18-7-9-19(10-8-18)24-11-14-28-2)26-17-20(21-6-5-15-29-21)27-12-3-4-13-27;/h5-10,15,20,24H,3-4,11-14,16-17H2,1-2H3,(H2,23,25,26);1H. The number of likely N-dealkylation sites (tertiary alicyclic amines) is 1. The molecule has 0 aliphatic carbocycles. The van der Waals surface area contributed by atoms with Gasteiger partial charge in [0, 0.05) is 44.4 Å². The summed E-state index contributed by atoms with van der Waals surface area (Å²) in [6, 6.07) is 13.3. The maximum absolute atomic E-state index is 5.07. The number of ether oxygens (including phenoxy) is 1. The summed E-state index contributed by atoms with van der Waals surface area (Å²) in [6.07, 6.45) is 2.59. The van der Waals surface area contributed by atoms with Gasteiger partial charge in [-0.3, -0.25) is 9.89 Å². The first-order valence-electron chi connectivity index (χ1n) is 10.3. The van der Waals surface area contributed by atoms with Gasteiger partial charge in [-0.1, -0.05) is 18.2 Å². The van der Waals surface area contributed by atoms with Crippen LogP contribution in [0.1, 0.15) is 29.3 Å². The molecule has 1 fully saturated rings. The number of halogens is 1. The van der Waals surface area contributed by atoms with E-state index in [9.17, 15) is 0 Å². The predicted octanol–water partition coefficient (Wildman–Crippen LogP) is 3.93. The maximum atomic E-state index is 5.07. The van der Waals surface area contributed by atoms with E-state index < -0.39 is 0 Å². The molecule has 8 heteroatoms. The molecule has 2 heterocycles. The van der Waals surface area contributed by atoms with E-state index in [1.807, 2.05) is 18.4 Å². The second kappa shape index (κ2) is 13.8. The summed E-state index contributed by atoms with van der Waals surface area (Å²) in [5, 5.41) is 12.5. The van der Waals surface area contributed by atoms with Crippen LogP contribution in [0, 0.1) is 0 Å². The van der Waals surface area contributed by atoms with E-state index >= 15 is 0 Å². The van der Waals surface area contributed by atoms with Crippen LogP contribution in [0.2, 0.25) is 0 Å². The number of rotatable bonds is 10. The third-order valence-electron chi connectivity index (χ3n) is 5.19. The van der Waals surface area contributed by atoms with Crippen LogP contribution in [0.5, 0.6) is 0 Å². The van der Waals surface area contributed by atoms with Crippen molar-refractivity contribution in [1.29, 1.82) is 0 Å². The first-order valence-corrected chi connectivity index (χ1v) is 11.2. The van der Waals surface area contributed by atoms with Crippen molar-refractivity contribution in [3.05, 3.63) is 52.2 Å². The van der Waals surface area contributed by atoms with Gasteiger partial charge >= 0.3 is 0 Å². The Morgan fingerprint density at radius 2 is 1.93 bits per heavy atom. The van der Waals surface area contributed by atoms with Crippen LogP contribution in [0.4, 0.5) is 5.69 Å². The normalized spacial score (nSPS) is 15.5. The van der Waals surface area contributed by atoms with Crippen molar-refractivity contribution < 1.29 is 4.74 Å². The van der Waals surface area contributed by atoms with Crippen LogP contribution in [0.3, 0.4) is 0 Å². The lowest BCUT2D eigenvalue weighted by molar-refractivity contribution is 0.211. The van der Waals surface area contributed by atoms with Gasteiger partial charge < -0.3 is 20.7 Å². The zero-order chi connectivity index (χ0) is 20.3. The molecule has 6 nitrogen and oxygen atoms in total. The first-order chi connectivity index (χ1) is 14.3. The van der Waals surface area contributed by atoms with Crippen molar-refractivity contribution >= 4 is 47.0 Å². The van der Waals surface area contributed by atoms with Gasteiger partial charge in [0.25, 0.3) is 0 Å². The summed E-state index contributed by atoms with van der Waals surface area (Å²) in [6.45, 7) is 5.48. The average Bonchev–Trinajstić information content (AvgIpc) is 3.46. The molecule has 3 rings (SSSR count). The van der Waals surface area contributed by atoms with Gasteiger partial charge in [-0.25, -0.2) is 0 Å². The minimum absolute atomic E-state index is 0. The monoisotopic (exact) mass is 543 g/mol. The molecule has 1 atom stereocenters. The largest absolute Gasteiger partial charge is 0.383 e. The maximum Gasteiger partial charge on any atom is 0.191 e. The smallest absolute Gasteiger partial charge is 0.191 e. The summed E-state index contributed by atoms with van der Waals surface area (Å²) in [5.41, 5.74) is 2.33. The molecule has 166 valence electrons. The predicted molar refractivity (Wildman–Crippen MR) is 138 cm³/mol. The highest BCUT2D eigenvalue weighted by Gasteiger charge is 2.24. The van der Waals surface area contributed by atoms with Gasteiger partial charge in [0.1, 0.15) is 0 Å². The van der Waals surface area contributed by atoms with E-state index in [1.165, 1.54) is 36.4 Å². The number of hydrogen-bond acceptors (Lipinski definition) is 5. The zero-order valence-corrected chi connectivity index (χ0v) is 21.0. The van der Waals surface area contributed by atoms with Crippen LogP contribution in [0.25, 0.3) is 0 Å². The van der Waals surface area contributed by atoms with Crippen LogP contribution in [-0.4, -0.2) is 57.8 Å². The number of methoxy groups -OCH3 is 1. The number of nitrogens with one attached hydrogen (secondary N) is 3. The Bertz CT molecular complexity index is 732. The molecular formula is C22H34IN5OS. The Labute approximate surface area is 201 Å². The van der Waals surface area contributed by atoms with Crippen molar-refractivity contribution in [2.45, 2.75) is 25.4 Å². The lowest BCUT2D eigenvalue weighted by atomic mass is 10.2. The second-order valence-electron chi connectivity index (χ2n) is 7.20. The highest BCUT2D eigenvalue weighted by atomic mass is 127. The number of thiophene rings is 1. The van der Waals surface area contributed by atoms with Crippen LogP contribution >= 0.6 is 35.3 Å². The second-order valence-corrected chi connectivity index (χ2v) is 8.18. The van der Waals surface area contributed by atoms with Crippen LogP contribution in [0.15, 0.2) is 46.8 Å². The summed E-state index contributed by atoms with van der Waals surface area (Å²) < 4.78 is 5.07.